The highest BCUT2D eigenvalue weighted by molar-refractivity contribution is 6.31. The van der Waals surface area contributed by atoms with E-state index in [-0.39, 0.29) is 18.0 Å². The maximum absolute atomic E-state index is 12.4. The van der Waals surface area contributed by atoms with Crippen LogP contribution in [0.2, 0.25) is 5.02 Å². The summed E-state index contributed by atoms with van der Waals surface area (Å²) >= 11 is 6.08. The Morgan fingerprint density at radius 2 is 1.89 bits per heavy atom. The molecule has 27 heavy (non-hydrogen) atoms. The third-order valence-corrected chi connectivity index (χ3v) is 4.78. The van der Waals surface area contributed by atoms with Gasteiger partial charge in [0, 0.05) is 22.3 Å². The summed E-state index contributed by atoms with van der Waals surface area (Å²) in [6.45, 7) is 5.63. The molecule has 0 atom stereocenters. The van der Waals surface area contributed by atoms with Crippen LogP contribution in [0.15, 0.2) is 53.3 Å². The minimum Gasteiger partial charge on any atom is -0.324 e. The molecule has 0 saturated carbocycles. The van der Waals surface area contributed by atoms with Gasteiger partial charge in [-0.15, -0.1) is 0 Å². The van der Waals surface area contributed by atoms with Gasteiger partial charge in [0.25, 0.3) is 5.56 Å². The normalized spacial score (nSPS) is 10.7. The van der Waals surface area contributed by atoms with E-state index in [9.17, 15) is 9.59 Å². The molecule has 1 heterocycles. The fraction of sp³-hybridized carbons (Fsp3) is 0.190. The van der Waals surface area contributed by atoms with E-state index < -0.39 is 0 Å². The molecule has 1 N–H and O–H groups in total. The van der Waals surface area contributed by atoms with Gasteiger partial charge in [-0.25, -0.2) is 4.68 Å². The van der Waals surface area contributed by atoms with Gasteiger partial charge in [-0.1, -0.05) is 35.4 Å². The first-order valence-electron chi connectivity index (χ1n) is 8.56. The number of halogens is 1. The van der Waals surface area contributed by atoms with Crippen LogP contribution >= 0.6 is 11.6 Å². The number of carbonyl (C=O) groups excluding carboxylic acids is 1. The van der Waals surface area contributed by atoms with Gasteiger partial charge in [-0.05, 0) is 56.2 Å². The fourth-order valence-electron chi connectivity index (χ4n) is 2.79. The van der Waals surface area contributed by atoms with Crippen LogP contribution in [0.4, 0.5) is 5.69 Å². The van der Waals surface area contributed by atoms with E-state index in [0.29, 0.717) is 16.4 Å². The summed E-state index contributed by atoms with van der Waals surface area (Å²) in [6, 6.07) is 14.4. The van der Waals surface area contributed by atoms with Crippen molar-refractivity contribution in [3.8, 4) is 11.3 Å². The van der Waals surface area contributed by atoms with E-state index in [4.69, 9.17) is 11.6 Å². The molecule has 5 nitrogen and oxygen atoms in total. The third kappa shape index (κ3) is 4.26. The summed E-state index contributed by atoms with van der Waals surface area (Å²) in [5.74, 6) is -0.340. The molecule has 0 aliphatic heterocycles. The molecule has 0 aliphatic carbocycles. The molecule has 1 aromatic heterocycles. The molecule has 6 heteroatoms. The first kappa shape index (κ1) is 18.9. The van der Waals surface area contributed by atoms with Crippen LogP contribution in [0.5, 0.6) is 0 Å². The van der Waals surface area contributed by atoms with Crippen molar-refractivity contribution >= 4 is 23.2 Å². The van der Waals surface area contributed by atoms with E-state index in [1.54, 1.807) is 24.3 Å². The molecule has 0 fully saturated rings. The highest BCUT2D eigenvalue weighted by Crippen LogP contribution is 2.23. The second kappa shape index (κ2) is 7.76. The SMILES string of the molecule is Cc1ccc(C)c(-c2ccc(=O)n(CC(=O)Nc3cccc(Cl)c3C)n2)c1. The topological polar surface area (TPSA) is 64.0 Å². The summed E-state index contributed by atoms with van der Waals surface area (Å²) in [5, 5.41) is 7.74. The van der Waals surface area contributed by atoms with Crippen molar-refractivity contribution in [2.45, 2.75) is 27.3 Å². The summed E-state index contributed by atoms with van der Waals surface area (Å²) in [6.07, 6.45) is 0. The molecular formula is C21H20ClN3O2. The van der Waals surface area contributed by atoms with Crippen LogP contribution in [-0.4, -0.2) is 15.7 Å². The van der Waals surface area contributed by atoms with Crippen LogP contribution in [0.25, 0.3) is 11.3 Å². The fourth-order valence-corrected chi connectivity index (χ4v) is 2.96. The summed E-state index contributed by atoms with van der Waals surface area (Å²) in [5.41, 5.74) is 4.81. The van der Waals surface area contributed by atoms with Gasteiger partial charge in [0.15, 0.2) is 0 Å². The van der Waals surface area contributed by atoms with E-state index in [2.05, 4.69) is 10.4 Å². The third-order valence-electron chi connectivity index (χ3n) is 4.37. The van der Waals surface area contributed by atoms with Crippen LogP contribution in [0, 0.1) is 20.8 Å². The van der Waals surface area contributed by atoms with Gasteiger partial charge in [0.05, 0.1) is 5.69 Å². The summed E-state index contributed by atoms with van der Waals surface area (Å²) < 4.78 is 1.17. The maximum Gasteiger partial charge on any atom is 0.267 e. The Morgan fingerprint density at radius 1 is 1.11 bits per heavy atom. The van der Waals surface area contributed by atoms with Crippen molar-refractivity contribution in [3.63, 3.8) is 0 Å². The quantitative estimate of drug-likeness (QED) is 0.739. The second-order valence-corrected chi connectivity index (χ2v) is 6.90. The van der Waals surface area contributed by atoms with Crippen molar-refractivity contribution in [2.24, 2.45) is 0 Å². The number of nitrogens with zero attached hydrogens (tertiary/aromatic N) is 2. The molecule has 3 aromatic rings. The molecular weight excluding hydrogens is 362 g/mol. The largest absolute Gasteiger partial charge is 0.324 e. The van der Waals surface area contributed by atoms with Crippen LogP contribution in [0.3, 0.4) is 0 Å². The monoisotopic (exact) mass is 381 g/mol. The Morgan fingerprint density at radius 3 is 2.67 bits per heavy atom. The average Bonchev–Trinajstić information content (AvgIpc) is 2.63. The zero-order valence-corrected chi connectivity index (χ0v) is 16.2. The summed E-state index contributed by atoms with van der Waals surface area (Å²) in [7, 11) is 0. The zero-order valence-electron chi connectivity index (χ0n) is 15.4. The van der Waals surface area contributed by atoms with E-state index in [1.165, 1.54) is 10.7 Å². The Balaban J connectivity index is 1.87. The van der Waals surface area contributed by atoms with E-state index in [1.807, 2.05) is 39.0 Å². The van der Waals surface area contributed by atoms with Crippen LogP contribution in [0.1, 0.15) is 16.7 Å². The maximum atomic E-state index is 12.4. The van der Waals surface area contributed by atoms with E-state index >= 15 is 0 Å². The van der Waals surface area contributed by atoms with Crippen molar-refractivity contribution in [1.82, 2.24) is 9.78 Å². The predicted molar refractivity (Wildman–Crippen MR) is 108 cm³/mol. The minimum atomic E-state index is -0.340. The lowest BCUT2D eigenvalue weighted by atomic mass is 10.0. The Kier molecular flexibility index (Phi) is 5.42. The van der Waals surface area contributed by atoms with Crippen molar-refractivity contribution < 1.29 is 4.79 Å². The average molecular weight is 382 g/mol. The van der Waals surface area contributed by atoms with Gasteiger partial charge < -0.3 is 5.32 Å². The van der Waals surface area contributed by atoms with Gasteiger partial charge >= 0.3 is 0 Å². The number of anilines is 1. The lowest BCUT2D eigenvalue weighted by molar-refractivity contribution is -0.117. The number of aryl methyl sites for hydroxylation is 2. The molecule has 1 amide bonds. The number of benzene rings is 2. The number of nitrogens with one attached hydrogen (secondary N) is 1. The molecule has 0 saturated heterocycles. The lowest BCUT2D eigenvalue weighted by Gasteiger charge is -2.12. The highest BCUT2D eigenvalue weighted by Gasteiger charge is 2.11. The lowest BCUT2D eigenvalue weighted by Crippen LogP contribution is -2.29. The molecule has 0 bridgehead atoms. The van der Waals surface area contributed by atoms with E-state index in [0.717, 1.165) is 22.3 Å². The van der Waals surface area contributed by atoms with Gasteiger partial charge in [-0.2, -0.15) is 5.10 Å². The van der Waals surface area contributed by atoms with Gasteiger partial charge in [-0.3, -0.25) is 9.59 Å². The number of hydrogen-bond donors (Lipinski definition) is 1. The van der Waals surface area contributed by atoms with Crippen LogP contribution in [-0.2, 0) is 11.3 Å². The number of rotatable bonds is 4. The Bertz CT molecular complexity index is 1070. The molecule has 0 unspecified atom stereocenters. The van der Waals surface area contributed by atoms with Crippen molar-refractivity contribution in [1.29, 1.82) is 0 Å². The number of aromatic nitrogens is 2. The predicted octanol–water partition coefficient (Wildman–Crippen LogP) is 4.13. The molecule has 3 rings (SSSR count). The molecule has 2 aromatic carbocycles. The van der Waals surface area contributed by atoms with Crippen molar-refractivity contribution in [3.05, 3.63) is 80.6 Å². The van der Waals surface area contributed by atoms with Crippen LogP contribution < -0.4 is 10.9 Å². The standard InChI is InChI=1S/C21H20ClN3O2/c1-13-7-8-14(2)16(11-13)19-9-10-21(27)25(24-19)12-20(26)23-18-6-4-5-17(22)15(18)3/h4-11H,12H2,1-3H3,(H,23,26). The molecule has 0 radical (unpaired) electrons. The smallest absolute Gasteiger partial charge is 0.267 e. The summed E-state index contributed by atoms with van der Waals surface area (Å²) in [4.78, 5) is 24.6. The van der Waals surface area contributed by atoms with Gasteiger partial charge in [0.2, 0.25) is 5.91 Å². The Hall–Kier alpha value is -2.92. The second-order valence-electron chi connectivity index (χ2n) is 6.49. The first-order chi connectivity index (χ1) is 12.8. The molecule has 0 spiro atoms. The number of hydrogen-bond acceptors (Lipinski definition) is 3. The molecule has 0 aliphatic rings. The van der Waals surface area contributed by atoms with Crippen molar-refractivity contribution in [2.75, 3.05) is 5.32 Å². The number of carbonyl (C=O) groups is 1. The minimum absolute atomic E-state index is 0.177. The molecule has 138 valence electrons. The Labute approximate surface area is 162 Å². The number of amides is 1. The highest BCUT2D eigenvalue weighted by atomic mass is 35.5. The van der Waals surface area contributed by atoms with Gasteiger partial charge in [0.1, 0.15) is 6.54 Å². The first-order valence-corrected chi connectivity index (χ1v) is 8.93. The zero-order chi connectivity index (χ0) is 19.6.